The molecule has 0 radical (unpaired) electrons. The minimum Gasteiger partial charge on any atom is -0.507 e. The lowest BCUT2D eigenvalue weighted by atomic mass is 10.0. The number of aromatic nitrogens is 2. The molecule has 5 nitrogen and oxygen atoms in total. The Balaban J connectivity index is 2.23. The van der Waals surface area contributed by atoms with Gasteiger partial charge in [0, 0.05) is 12.6 Å². The van der Waals surface area contributed by atoms with Crippen LogP contribution in [0.2, 0.25) is 0 Å². The van der Waals surface area contributed by atoms with Gasteiger partial charge in [-0.15, -0.1) is 0 Å². The number of hydrogen-bond acceptors (Lipinski definition) is 3. The highest BCUT2D eigenvalue weighted by Crippen LogP contribution is 2.33. The van der Waals surface area contributed by atoms with Crippen molar-refractivity contribution in [2.45, 2.75) is 0 Å². The minimum absolute atomic E-state index is 0.0462. The zero-order valence-electron chi connectivity index (χ0n) is 10.7. The number of carboxylic acids is 1. The van der Waals surface area contributed by atoms with Crippen molar-refractivity contribution in [1.29, 1.82) is 0 Å². The average molecular weight is 268 g/mol. The van der Waals surface area contributed by atoms with Gasteiger partial charge >= 0.3 is 5.97 Å². The molecule has 0 unspecified atom stereocenters. The summed E-state index contributed by atoms with van der Waals surface area (Å²) in [6.07, 6.45) is 0. The lowest BCUT2D eigenvalue weighted by molar-refractivity contribution is 0.0689. The number of hydrogen-bond donors (Lipinski definition) is 2. The first-order chi connectivity index (χ1) is 9.56. The maximum Gasteiger partial charge on any atom is 0.356 e. The fraction of sp³-hybridized carbons (Fsp3) is 0.0667. The number of benzene rings is 2. The molecule has 2 N–H and O–H groups in total. The Morgan fingerprint density at radius 3 is 2.40 bits per heavy atom. The van der Waals surface area contributed by atoms with Crippen LogP contribution in [0, 0.1) is 0 Å². The summed E-state index contributed by atoms with van der Waals surface area (Å²) in [4.78, 5) is 11.0. The lowest BCUT2D eigenvalue weighted by Crippen LogP contribution is -1.99. The number of aromatic hydroxyl groups is 1. The van der Waals surface area contributed by atoms with Crippen molar-refractivity contribution in [1.82, 2.24) is 9.78 Å². The number of phenolic OH excluding ortho intramolecular Hbond substituents is 1. The lowest BCUT2D eigenvalue weighted by Gasteiger charge is -2.07. The van der Waals surface area contributed by atoms with Gasteiger partial charge in [-0.05, 0) is 29.0 Å². The standard InChI is InChI=1S/C15H12N2O3/c1-17-13(8-12(16-17)15(19)20)11-6-9-4-2-3-5-10(9)7-14(11)18/h2-8,18H,1H3,(H,19,20). The molecule has 20 heavy (non-hydrogen) atoms. The maximum absolute atomic E-state index is 11.0. The Hall–Kier alpha value is -2.82. The van der Waals surface area contributed by atoms with Gasteiger partial charge in [-0.25, -0.2) is 4.79 Å². The smallest absolute Gasteiger partial charge is 0.356 e. The van der Waals surface area contributed by atoms with Crippen molar-refractivity contribution < 1.29 is 15.0 Å². The van der Waals surface area contributed by atoms with E-state index < -0.39 is 5.97 Å². The molecule has 0 amide bonds. The van der Waals surface area contributed by atoms with Crippen molar-refractivity contribution >= 4 is 16.7 Å². The molecule has 0 aliphatic rings. The molecular weight excluding hydrogens is 256 g/mol. The number of carboxylic acid groups (broad SMARTS) is 1. The Morgan fingerprint density at radius 1 is 1.15 bits per heavy atom. The molecule has 100 valence electrons. The second-order valence-electron chi connectivity index (χ2n) is 4.56. The molecule has 0 fully saturated rings. The van der Waals surface area contributed by atoms with E-state index >= 15 is 0 Å². The number of carbonyl (C=O) groups is 1. The molecule has 3 aromatic rings. The van der Waals surface area contributed by atoms with Crippen LogP contribution in [0.3, 0.4) is 0 Å². The number of fused-ring (bicyclic) bond motifs is 1. The number of aromatic carboxylic acids is 1. The summed E-state index contributed by atoms with van der Waals surface area (Å²) in [7, 11) is 1.65. The van der Waals surface area contributed by atoms with E-state index in [0.29, 0.717) is 11.3 Å². The first-order valence-electron chi connectivity index (χ1n) is 6.06. The number of rotatable bonds is 2. The van der Waals surface area contributed by atoms with E-state index in [4.69, 9.17) is 5.11 Å². The largest absolute Gasteiger partial charge is 0.507 e. The SMILES string of the molecule is Cn1nc(C(=O)O)cc1-c1cc2ccccc2cc1O. The number of phenols is 1. The number of nitrogens with zero attached hydrogens (tertiary/aromatic N) is 2. The first-order valence-corrected chi connectivity index (χ1v) is 6.06. The van der Waals surface area contributed by atoms with Gasteiger partial charge in [-0.1, -0.05) is 24.3 Å². The van der Waals surface area contributed by atoms with Crippen LogP contribution < -0.4 is 0 Å². The second-order valence-corrected chi connectivity index (χ2v) is 4.56. The highest BCUT2D eigenvalue weighted by Gasteiger charge is 2.15. The molecule has 3 rings (SSSR count). The molecule has 0 bridgehead atoms. The van der Waals surface area contributed by atoms with Crippen molar-refractivity contribution in [3.8, 4) is 17.0 Å². The minimum atomic E-state index is -1.09. The van der Waals surface area contributed by atoms with E-state index in [1.165, 1.54) is 10.7 Å². The molecule has 0 spiro atoms. The quantitative estimate of drug-likeness (QED) is 0.749. The van der Waals surface area contributed by atoms with Crippen molar-refractivity contribution in [2.75, 3.05) is 0 Å². The molecule has 2 aromatic carbocycles. The van der Waals surface area contributed by atoms with Gasteiger partial charge in [0.25, 0.3) is 0 Å². The van der Waals surface area contributed by atoms with Gasteiger partial charge in [-0.2, -0.15) is 5.10 Å². The molecular formula is C15H12N2O3. The Kier molecular flexibility index (Phi) is 2.68. The highest BCUT2D eigenvalue weighted by atomic mass is 16.4. The Morgan fingerprint density at radius 2 is 1.80 bits per heavy atom. The molecule has 1 heterocycles. The van der Waals surface area contributed by atoms with E-state index in [-0.39, 0.29) is 11.4 Å². The summed E-state index contributed by atoms with van der Waals surface area (Å²) >= 11 is 0. The van der Waals surface area contributed by atoms with Crippen molar-refractivity contribution in [2.24, 2.45) is 7.05 Å². The molecule has 0 atom stereocenters. The van der Waals surface area contributed by atoms with Crippen LogP contribution in [-0.4, -0.2) is 26.0 Å². The van der Waals surface area contributed by atoms with Crippen LogP contribution in [0.15, 0.2) is 42.5 Å². The zero-order chi connectivity index (χ0) is 14.3. The normalized spacial score (nSPS) is 10.8. The molecule has 0 aliphatic carbocycles. The van der Waals surface area contributed by atoms with E-state index in [1.54, 1.807) is 13.1 Å². The van der Waals surface area contributed by atoms with Gasteiger partial charge in [0.15, 0.2) is 5.69 Å². The fourth-order valence-corrected chi connectivity index (χ4v) is 2.26. The summed E-state index contributed by atoms with van der Waals surface area (Å²) in [6, 6.07) is 12.6. The summed E-state index contributed by atoms with van der Waals surface area (Å²) < 4.78 is 1.45. The van der Waals surface area contributed by atoms with Crippen LogP contribution in [0.4, 0.5) is 0 Å². The third-order valence-corrected chi connectivity index (χ3v) is 3.24. The van der Waals surface area contributed by atoms with Crippen LogP contribution in [0.1, 0.15) is 10.5 Å². The first kappa shape index (κ1) is 12.2. The molecule has 0 saturated carbocycles. The van der Waals surface area contributed by atoms with E-state index in [2.05, 4.69) is 5.10 Å². The monoisotopic (exact) mass is 268 g/mol. The molecule has 0 aliphatic heterocycles. The van der Waals surface area contributed by atoms with Crippen LogP contribution >= 0.6 is 0 Å². The third-order valence-electron chi connectivity index (χ3n) is 3.24. The summed E-state index contributed by atoms with van der Waals surface area (Å²) in [5.74, 6) is -0.990. The van der Waals surface area contributed by atoms with Crippen LogP contribution in [0.25, 0.3) is 22.0 Å². The topological polar surface area (TPSA) is 75.4 Å². The average Bonchev–Trinajstić information content (AvgIpc) is 2.80. The van der Waals surface area contributed by atoms with E-state index in [9.17, 15) is 9.90 Å². The van der Waals surface area contributed by atoms with Gasteiger partial charge < -0.3 is 10.2 Å². The second kappa shape index (κ2) is 4.38. The van der Waals surface area contributed by atoms with Crippen LogP contribution in [0.5, 0.6) is 5.75 Å². The number of aryl methyl sites for hydroxylation is 1. The maximum atomic E-state index is 11.0. The molecule has 5 heteroatoms. The summed E-state index contributed by atoms with van der Waals surface area (Å²) in [5, 5.41) is 24.9. The van der Waals surface area contributed by atoms with Crippen molar-refractivity contribution in [3.63, 3.8) is 0 Å². The van der Waals surface area contributed by atoms with Gasteiger partial charge in [0.2, 0.25) is 0 Å². The summed E-state index contributed by atoms with van der Waals surface area (Å²) in [6.45, 7) is 0. The van der Waals surface area contributed by atoms with E-state index in [1.807, 2.05) is 30.3 Å². The molecule has 1 aromatic heterocycles. The third kappa shape index (κ3) is 1.89. The van der Waals surface area contributed by atoms with Gasteiger partial charge in [0.05, 0.1) is 5.69 Å². The van der Waals surface area contributed by atoms with E-state index in [0.717, 1.165) is 10.8 Å². The highest BCUT2D eigenvalue weighted by molar-refractivity contribution is 5.92. The molecule has 0 saturated heterocycles. The van der Waals surface area contributed by atoms with Gasteiger partial charge in [0.1, 0.15) is 5.75 Å². The Labute approximate surface area is 114 Å². The van der Waals surface area contributed by atoms with Crippen LogP contribution in [-0.2, 0) is 7.05 Å². The predicted octanol–water partition coefficient (Wildman–Crippen LogP) is 2.64. The zero-order valence-corrected chi connectivity index (χ0v) is 10.7. The van der Waals surface area contributed by atoms with Crippen molar-refractivity contribution in [3.05, 3.63) is 48.2 Å². The summed E-state index contributed by atoms with van der Waals surface area (Å²) in [5.41, 5.74) is 1.08. The Bertz CT molecular complexity index is 821. The fourth-order valence-electron chi connectivity index (χ4n) is 2.26. The predicted molar refractivity (Wildman–Crippen MR) is 74.8 cm³/mol. The van der Waals surface area contributed by atoms with Gasteiger partial charge in [-0.3, -0.25) is 4.68 Å².